The molecule has 0 rings (SSSR count). The zero-order valence-electron chi connectivity index (χ0n) is 64.6. The molecule has 0 saturated carbocycles. The molecule has 19 heteroatoms. The maximum atomic E-state index is 13.1. The summed E-state index contributed by atoms with van der Waals surface area (Å²) < 4.78 is 68.6. The first-order valence-electron chi connectivity index (χ1n) is 41.6. The van der Waals surface area contributed by atoms with Gasteiger partial charge in [-0.3, -0.25) is 37.3 Å². The first-order chi connectivity index (χ1) is 48.0. The van der Waals surface area contributed by atoms with E-state index in [0.29, 0.717) is 25.7 Å². The standard InChI is InChI=1S/C80H156O17P2/c1-6-9-12-15-18-21-23-25-27-29-30-31-32-33-34-36-38-40-45-50-55-60-65-79(84)97-76(70-91-78(83)64-59-54-49-44-39-37-35-28-26-24-22-19-16-13-10-7-2)72-95-99(88,89)93-68-74(81)67-92-98(86,87)94-71-75(69-90-77(82)63-58-53-48-20-17-14-11-8-3)96-80(85)66-61-56-51-46-42-41-43-47-52-57-62-73(4)5/h73-76,81H,6-72H2,1-5H3,(H,86,87)(H,88,89)/t74-,75+,76+/m0/s1. The predicted octanol–water partition coefficient (Wildman–Crippen LogP) is 24.0. The molecule has 0 heterocycles. The Morgan fingerprint density at radius 1 is 0.273 bits per heavy atom. The third-order valence-electron chi connectivity index (χ3n) is 18.8. The molecule has 0 saturated heterocycles. The van der Waals surface area contributed by atoms with Crippen LogP contribution in [0, 0.1) is 5.92 Å². The third-order valence-corrected chi connectivity index (χ3v) is 20.7. The summed E-state index contributed by atoms with van der Waals surface area (Å²) in [6.07, 6.45) is 64.0. The Morgan fingerprint density at radius 2 is 0.465 bits per heavy atom. The van der Waals surface area contributed by atoms with Gasteiger partial charge in [0.2, 0.25) is 0 Å². The normalized spacial score (nSPS) is 13.9. The van der Waals surface area contributed by atoms with Gasteiger partial charge in [0.05, 0.1) is 26.4 Å². The molecule has 0 aromatic carbocycles. The summed E-state index contributed by atoms with van der Waals surface area (Å²) in [7, 11) is -9.91. The lowest BCUT2D eigenvalue weighted by Crippen LogP contribution is -2.30. The molecule has 0 aliphatic carbocycles. The molecule has 2 unspecified atom stereocenters. The van der Waals surface area contributed by atoms with Gasteiger partial charge in [-0.1, -0.05) is 375 Å². The SMILES string of the molecule is CCCCCCCCCCCCCCCCCCCCCCCCC(=O)O[C@H](COC(=O)CCCCCCCCCCCCCCCCCC)COP(=O)(O)OC[C@@H](O)COP(=O)(O)OC[C@@H](COC(=O)CCCCCCCCCC)OC(=O)CCCCCCCCCCCCC(C)C. The van der Waals surface area contributed by atoms with Crippen molar-refractivity contribution in [1.29, 1.82) is 0 Å². The van der Waals surface area contributed by atoms with Crippen molar-refractivity contribution in [3.05, 3.63) is 0 Å². The van der Waals surface area contributed by atoms with Gasteiger partial charge in [0.1, 0.15) is 19.3 Å². The van der Waals surface area contributed by atoms with E-state index in [1.54, 1.807) is 0 Å². The molecule has 588 valence electrons. The molecule has 0 aromatic rings. The molecular weight excluding hydrogens is 1290 g/mol. The second-order valence-corrected chi connectivity index (χ2v) is 32.2. The highest BCUT2D eigenvalue weighted by molar-refractivity contribution is 7.47. The molecule has 0 amide bonds. The summed E-state index contributed by atoms with van der Waals surface area (Å²) in [6.45, 7) is 7.28. The number of phosphoric acid groups is 2. The molecule has 0 aliphatic rings. The number of ether oxygens (including phenoxy) is 4. The van der Waals surface area contributed by atoms with Crippen LogP contribution in [0.4, 0.5) is 0 Å². The van der Waals surface area contributed by atoms with E-state index in [-0.39, 0.29) is 25.7 Å². The van der Waals surface area contributed by atoms with Crippen LogP contribution in [0.1, 0.15) is 426 Å². The Hall–Kier alpha value is -1.94. The van der Waals surface area contributed by atoms with Crippen LogP contribution >= 0.6 is 15.6 Å². The third kappa shape index (κ3) is 74.1. The highest BCUT2D eigenvalue weighted by atomic mass is 31.2. The van der Waals surface area contributed by atoms with E-state index in [9.17, 15) is 43.2 Å². The van der Waals surface area contributed by atoms with E-state index in [4.69, 9.17) is 37.0 Å². The zero-order valence-corrected chi connectivity index (χ0v) is 66.4. The van der Waals surface area contributed by atoms with Gasteiger partial charge in [-0.2, -0.15) is 0 Å². The van der Waals surface area contributed by atoms with Crippen LogP contribution in [0.2, 0.25) is 0 Å². The average molecular weight is 1450 g/mol. The Bertz CT molecular complexity index is 1890. The fourth-order valence-corrected chi connectivity index (χ4v) is 14.0. The predicted molar refractivity (Wildman–Crippen MR) is 405 cm³/mol. The molecule has 5 atom stereocenters. The highest BCUT2D eigenvalue weighted by Crippen LogP contribution is 2.45. The second-order valence-electron chi connectivity index (χ2n) is 29.3. The van der Waals surface area contributed by atoms with Crippen molar-refractivity contribution in [2.24, 2.45) is 5.92 Å². The lowest BCUT2D eigenvalue weighted by Gasteiger charge is -2.21. The number of carbonyl (C=O) groups is 4. The van der Waals surface area contributed by atoms with Crippen molar-refractivity contribution < 1.29 is 80.2 Å². The molecule has 17 nitrogen and oxygen atoms in total. The lowest BCUT2D eigenvalue weighted by atomic mass is 10.0. The van der Waals surface area contributed by atoms with Crippen molar-refractivity contribution in [1.82, 2.24) is 0 Å². The highest BCUT2D eigenvalue weighted by Gasteiger charge is 2.30. The molecule has 0 aliphatic heterocycles. The van der Waals surface area contributed by atoms with E-state index in [1.165, 1.54) is 244 Å². The molecule has 0 radical (unpaired) electrons. The van der Waals surface area contributed by atoms with Crippen LogP contribution in [0.25, 0.3) is 0 Å². The van der Waals surface area contributed by atoms with Crippen LogP contribution < -0.4 is 0 Å². The van der Waals surface area contributed by atoms with E-state index in [0.717, 1.165) is 102 Å². The first-order valence-corrected chi connectivity index (χ1v) is 44.6. The Kier molecular flexibility index (Phi) is 71.6. The van der Waals surface area contributed by atoms with Crippen LogP contribution in [0.3, 0.4) is 0 Å². The van der Waals surface area contributed by atoms with Gasteiger partial charge in [-0.15, -0.1) is 0 Å². The largest absolute Gasteiger partial charge is 0.472 e. The first kappa shape index (κ1) is 97.1. The number of aliphatic hydroxyl groups is 1. The van der Waals surface area contributed by atoms with Gasteiger partial charge < -0.3 is 33.8 Å². The maximum absolute atomic E-state index is 13.1. The lowest BCUT2D eigenvalue weighted by molar-refractivity contribution is -0.161. The summed E-state index contributed by atoms with van der Waals surface area (Å²) in [5.41, 5.74) is 0. The van der Waals surface area contributed by atoms with E-state index < -0.39 is 97.5 Å². The minimum absolute atomic E-state index is 0.106. The zero-order chi connectivity index (χ0) is 72.7. The summed E-state index contributed by atoms with van der Waals surface area (Å²) in [5, 5.41) is 10.6. The van der Waals surface area contributed by atoms with Crippen LogP contribution in [-0.4, -0.2) is 96.7 Å². The number of rotatable bonds is 80. The number of esters is 4. The average Bonchev–Trinajstić information content (AvgIpc) is 1.08. The fraction of sp³-hybridized carbons (Fsp3) is 0.950. The van der Waals surface area contributed by atoms with Crippen molar-refractivity contribution >= 4 is 39.5 Å². The van der Waals surface area contributed by atoms with Gasteiger partial charge in [0.25, 0.3) is 0 Å². The molecule has 0 spiro atoms. The van der Waals surface area contributed by atoms with Crippen molar-refractivity contribution in [2.45, 2.75) is 445 Å². The number of aliphatic hydroxyl groups excluding tert-OH is 1. The van der Waals surface area contributed by atoms with Gasteiger partial charge in [0.15, 0.2) is 12.2 Å². The topological polar surface area (TPSA) is 237 Å². The summed E-state index contributed by atoms with van der Waals surface area (Å²) in [4.78, 5) is 72.9. The second kappa shape index (κ2) is 73.0. The van der Waals surface area contributed by atoms with Crippen molar-refractivity contribution in [3.63, 3.8) is 0 Å². The minimum atomic E-state index is -4.96. The Balaban J connectivity index is 5.17. The van der Waals surface area contributed by atoms with E-state index in [2.05, 4.69) is 34.6 Å². The molecule has 99 heavy (non-hydrogen) atoms. The van der Waals surface area contributed by atoms with Crippen molar-refractivity contribution in [2.75, 3.05) is 39.6 Å². The Morgan fingerprint density at radius 3 is 0.687 bits per heavy atom. The summed E-state index contributed by atoms with van der Waals surface area (Å²) in [6, 6.07) is 0. The molecular formula is C80H156O17P2. The Labute approximate surface area is 607 Å². The van der Waals surface area contributed by atoms with Crippen LogP contribution in [0.15, 0.2) is 0 Å². The summed E-state index contributed by atoms with van der Waals surface area (Å²) in [5.74, 6) is -1.36. The van der Waals surface area contributed by atoms with Crippen LogP contribution in [-0.2, 0) is 65.4 Å². The fourth-order valence-electron chi connectivity index (χ4n) is 12.4. The van der Waals surface area contributed by atoms with E-state index in [1.807, 2.05) is 0 Å². The number of hydrogen-bond donors (Lipinski definition) is 3. The minimum Gasteiger partial charge on any atom is -0.462 e. The van der Waals surface area contributed by atoms with E-state index >= 15 is 0 Å². The van der Waals surface area contributed by atoms with Gasteiger partial charge >= 0.3 is 39.5 Å². The maximum Gasteiger partial charge on any atom is 0.472 e. The molecule has 0 bridgehead atoms. The molecule has 3 N–H and O–H groups in total. The number of carbonyl (C=O) groups excluding carboxylic acids is 4. The number of phosphoric ester groups is 2. The number of unbranched alkanes of at least 4 members (excludes halogenated alkanes) is 52. The molecule has 0 fully saturated rings. The molecule has 0 aromatic heterocycles. The van der Waals surface area contributed by atoms with Gasteiger partial charge in [0, 0.05) is 25.7 Å². The number of hydrogen-bond acceptors (Lipinski definition) is 15. The van der Waals surface area contributed by atoms with Gasteiger partial charge in [-0.05, 0) is 31.6 Å². The monoisotopic (exact) mass is 1450 g/mol. The summed E-state index contributed by atoms with van der Waals surface area (Å²) >= 11 is 0. The quantitative estimate of drug-likeness (QED) is 0.0222. The van der Waals surface area contributed by atoms with Gasteiger partial charge in [-0.25, -0.2) is 9.13 Å². The van der Waals surface area contributed by atoms with Crippen LogP contribution in [0.5, 0.6) is 0 Å². The smallest absolute Gasteiger partial charge is 0.462 e. The van der Waals surface area contributed by atoms with Crippen molar-refractivity contribution in [3.8, 4) is 0 Å².